The average molecular weight is 281 g/mol. The molecule has 0 saturated carbocycles. The second kappa shape index (κ2) is 6.82. The molecule has 0 unspecified atom stereocenters. The highest BCUT2D eigenvalue weighted by Gasteiger charge is 2.21. The Morgan fingerprint density at radius 2 is 2.21 bits per heavy atom. The van der Waals surface area contributed by atoms with Crippen LogP contribution in [-0.4, -0.2) is 48.0 Å². The lowest BCUT2D eigenvalue weighted by Crippen LogP contribution is -2.42. The van der Waals surface area contributed by atoms with Crippen molar-refractivity contribution in [1.82, 2.24) is 4.90 Å². The SMILES string of the molecule is COc1ccc(SCC(=O)N2CCC[C@H](O)C2)cc1. The summed E-state index contributed by atoms with van der Waals surface area (Å²) in [6.45, 7) is 1.24. The third kappa shape index (κ3) is 4.14. The lowest BCUT2D eigenvalue weighted by molar-refractivity contribution is -0.131. The van der Waals surface area contributed by atoms with Gasteiger partial charge in [-0.05, 0) is 37.1 Å². The standard InChI is InChI=1S/C14H19NO3S/c1-18-12-4-6-13(7-5-12)19-10-14(17)15-8-2-3-11(16)9-15/h4-7,11,16H,2-3,8-10H2,1H3/t11-/m0/s1. The fraction of sp³-hybridized carbons (Fsp3) is 0.500. The Morgan fingerprint density at radius 3 is 2.84 bits per heavy atom. The number of hydrogen-bond acceptors (Lipinski definition) is 4. The second-order valence-corrected chi connectivity index (χ2v) is 5.65. The molecule has 0 aromatic heterocycles. The van der Waals surface area contributed by atoms with E-state index in [0.717, 1.165) is 30.0 Å². The summed E-state index contributed by atoms with van der Waals surface area (Å²) < 4.78 is 5.09. The summed E-state index contributed by atoms with van der Waals surface area (Å²) >= 11 is 1.51. The molecule has 0 spiro atoms. The van der Waals surface area contributed by atoms with Gasteiger partial charge in [0.25, 0.3) is 0 Å². The largest absolute Gasteiger partial charge is 0.497 e. The summed E-state index contributed by atoms with van der Waals surface area (Å²) in [7, 11) is 1.63. The van der Waals surface area contributed by atoms with Crippen LogP contribution in [0.3, 0.4) is 0 Å². The molecule has 1 aromatic carbocycles. The number of nitrogens with zero attached hydrogens (tertiary/aromatic N) is 1. The number of aliphatic hydroxyl groups excluding tert-OH is 1. The van der Waals surface area contributed by atoms with Crippen molar-refractivity contribution in [3.8, 4) is 5.75 Å². The van der Waals surface area contributed by atoms with Crippen LogP contribution in [0.5, 0.6) is 5.75 Å². The van der Waals surface area contributed by atoms with Gasteiger partial charge in [0.05, 0.1) is 19.0 Å². The van der Waals surface area contributed by atoms with Crippen molar-refractivity contribution >= 4 is 17.7 Å². The van der Waals surface area contributed by atoms with Gasteiger partial charge >= 0.3 is 0 Å². The van der Waals surface area contributed by atoms with Crippen molar-refractivity contribution in [2.24, 2.45) is 0 Å². The second-order valence-electron chi connectivity index (χ2n) is 4.60. The number of piperidine rings is 1. The van der Waals surface area contributed by atoms with Crippen molar-refractivity contribution in [3.63, 3.8) is 0 Å². The number of methoxy groups -OCH3 is 1. The molecule has 0 aliphatic carbocycles. The summed E-state index contributed by atoms with van der Waals surface area (Å²) in [5, 5.41) is 9.56. The molecule has 0 bridgehead atoms. The molecule has 1 aliphatic heterocycles. The number of amides is 1. The van der Waals surface area contributed by atoms with E-state index in [-0.39, 0.29) is 12.0 Å². The maximum Gasteiger partial charge on any atom is 0.233 e. The molecule has 104 valence electrons. The first kappa shape index (κ1) is 14.2. The predicted octanol–water partition coefficient (Wildman–Crippen LogP) is 1.77. The minimum Gasteiger partial charge on any atom is -0.497 e. The van der Waals surface area contributed by atoms with Crippen LogP contribution >= 0.6 is 11.8 Å². The molecule has 1 amide bonds. The van der Waals surface area contributed by atoms with Crippen molar-refractivity contribution in [2.75, 3.05) is 26.0 Å². The molecular formula is C14H19NO3S. The zero-order valence-electron chi connectivity index (χ0n) is 11.0. The molecule has 1 N–H and O–H groups in total. The minimum absolute atomic E-state index is 0.0968. The van der Waals surface area contributed by atoms with Gasteiger partial charge in [-0.3, -0.25) is 4.79 Å². The third-order valence-corrected chi connectivity index (χ3v) is 4.17. The van der Waals surface area contributed by atoms with Crippen LogP contribution in [0.2, 0.25) is 0 Å². The van der Waals surface area contributed by atoms with Gasteiger partial charge in [0.1, 0.15) is 5.75 Å². The molecule has 1 aromatic rings. The zero-order valence-corrected chi connectivity index (χ0v) is 11.9. The first-order valence-corrected chi connectivity index (χ1v) is 7.40. The summed E-state index contributed by atoms with van der Waals surface area (Å²) in [4.78, 5) is 14.8. The molecule has 1 saturated heterocycles. The fourth-order valence-corrected chi connectivity index (χ4v) is 2.89. The molecule has 1 atom stereocenters. The Labute approximate surface area is 117 Å². The molecule has 1 fully saturated rings. The number of rotatable bonds is 4. The number of carbonyl (C=O) groups is 1. The molecule has 4 nitrogen and oxygen atoms in total. The van der Waals surface area contributed by atoms with Crippen LogP contribution < -0.4 is 4.74 Å². The Bertz CT molecular complexity index is 421. The number of carbonyl (C=O) groups excluding carboxylic acids is 1. The number of hydrogen-bond donors (Lipinski definition) is 1. The molecular weight excluding hydrogens is 262 g/mol. The van der Waals surface area contributed by atoms with Gasteiger partial charge in [-0.1, -0.05) is 0 Å². The van der Waals surface area contributed by atoms with Crippen molar-refractivity contribution < 1.29 is 14.6 Å². The lowest BCUT2D eigenvalue weighted by atomic mass is 10.1. The topological polar surface area (TPSA) is 49.8 Å². The van der Waals surface area contributed by atoms with E-state index < -0.39 is 0 Å². The van der Waals surface area contributed by atoms with Crippen LogP contribution in [0.25, 0.3) is 0 Å². The molecule has 5 heteroatoms. The Hall–Kier alpha value is -1.20. The highest BCUT2D eigenvalue weighted by Crippen LogP contribution is 2.22. The van der Waals surface area contributed by atoms with Gasteiger partial charge in [-0.15, -0.1) is 11.8 Å². The lowest BCUT2D eigenvalue weighted by Gasteiger charge is -2.30. The van der Waals surface area contributed by atoms with Crippen LogP contribution in [0.4, 0.5) is 0 Å². The number of benzene rings is 1. The summed E-state index contributed by atoms with van der Waals surface area (Å²) in [5.74, 6) is 1.33. The van der Waals surface area contributed by atoms with E-state index in [9.17, 15) is 9.90 Å². The van der Waals surface area contributed by atoms with Gasteiger partial charge < -0.3 is 14.7 Å². The number of thioether (sulfide) groups is 1. The maximum atomic E-state index is 12.0. The minimum atomic E-state index is -0.358. The zero-order chi connectivity index (χ0) is 13.7. The number of ether oxygens (including phenoxy) is 1. The highest BCUT2D eigenvalue weighted by molar-refractivity contribution is 8.00. The van der Waals surface area contributed by atoms with E-state index >= 15 is 0 Å². The number of aliphatic hydroxyl groups is 1. The summed E-state index contributed by atoms with van der Waals surface area (Å²) in [5.41, 5.74) is 0. The van der Waals surface area contributed by atoms with E-state index in [1.54, 1.807) is 12.0 Å². The van der Waals surface area contributed by atoms with Gasteiger partial charge in [-0.2, -0.15) is 0 Å². The Morgan fingerprint density at radius 1 is 1.47 bits per heavy atom. The highest BCUT2D eigenvalue weighted by atomic mass is 32.2. The van der Waals surface area contributed by atoms with E-state index in [2.05, 4.69) is 0 Å². The first-order chi connectivity index (χ1) is 9.19. The predicted molar refractivity (Wildman–Crippen MR) is 75.5 cm³/mol. The van der Waals surface area contributed by atoms with Crippen LogP contribution in [0, 0.1) is 0 Å². The smallest absolute Gasteiger partial charge is 0.233 e. The third-order valence-electron chi connectivity index (χ3n) is 3.17. The molecule has 0 radical (unpaired) electrons. The van der Waals surface area contributed by atoms with Gasteiger partial charge in [0, 0.05) is 18.0 Å². The van der Waals surface area contributed by atoms with Gasteiger partial charge in [0.2, 0.25) is 5.91 Å². The Balaban J connectivity index is 1.82. The molecule has 19 heavy (non-hydrogen) atoms. The summed E-state index contributed by atoms with van der Waals surface area (Å²) in [6, 6.07) is 7.67. The normalized spacial score (nSPS) is 19.3. The van der Waals surface area contributed by atoms with Gasteiger partial charge in [0.15, 0.2) is 0 Å². The molecule has 2 rings (SSSR count). The fourth-order valence-electron chi connectivity index (χ4n) is 2.09. The first-order valence-electron chi connectivity index (χ1n) is 6.41. The van der Waals surface area contributed by atoms with Crippen LogP contribution in [-0.2, 0) is 4.79 Å². The van der Waals surface area contributed by atoms with E-state index in [0.29, 0.717) is 12.3 Å². The van der Waals surface area contributed by atoms with Crippen molar-refractivity contribution in [3.05, 3.63) is 24.3 Å². The quantitative estimate of drug-likeness (QED) is 0.855. The molecule has 1 heterocycles. The van der Waals surface area contributed by atoms with E-state index in [4.69, 9.17) is 4.74 Å². The number of β-amino-alcohol motifs (C(OH)–C–C–N with tert-alkyl or cyclic N) is 1. The van der Waals surface area contributed by atoms with Crippen molar-refractivity contribution in [1.29, 1.82) is 0 Å². The van der Waals surface area contributed by atoms with E-state index in [1.165, 1.54) is 11.8 Å². The maximum absolute atomic E-state index is 12.0. The monoisotopic (exact) mass is 281 g/mol. The van der Waals surface area contributed by atoms with E-state index in [1.807, 2.05) is 24.3 Å². The van der Waals surface area contributed by atoms with Crippen LogP contribution in [0.1, 0.15) is 12.8 Å². The number of likely N-dealkylation sites (tertiary alicyclic amines) is 1. The van der Waals surface area contributed by atoms with Crippen LogP contribution in [0.15, 0.2) is 29.2 Å². The Kier molecular flexibility index (Phi) is 5.10. The van der Waals surface area contributed by atoms with Gasteiger partial charge in [-0.25, -0.2) is 0 Å². The van der Waals surface area contributed by atoms with Crippen molar-refractivity contribution in [2.45, 2.75) is 23.8 Å². The average Bonchev–Trinajstić information content (AvgIpc) is 2.45. The summed E-state index contributed by atoms with van der Waals surface area (Å²) in [6.07, 6.45) is 1.33. The molecule has 1 aliphatic rings.